The summed E-state index contributed by atoms with van der Waals surface area (Å²) in [5, 5.41) is 0. The van der Waals surface area contributed by atoms with E-state index in [4.69, 9.17) is 49.1 Å². The van der Waals surface area contributed by atoms with Crippen LogP contribution >= 0.6 is 37.7 Å². The average Bonchev–Trinajstić information content (AvgIpc) is 1.50. The molecule has 0 fully saturated rings. The summed E-state index contributed by atoms with van der Waals surface area (Å²) in [6, 6.07) is 0.167. The van der Waals surface area contributed by atoms with Gasteiger partial charge in [0.1, 0.15) is 0 Å². The van der Waals surface area contributed by atoms with Crippen LogP contribution in [0.15, 0.2) is 0 Å². The van der Waals surface area contributed by atoms with E-state index in [0.29, 0.717) is 0 Å². The Morgan fingerprint density at radius 3 is 0.769 bits per heavy atom. The Morgan fingerprint density at radius 1 is 0.769 bits per heavy atom. The first-order chi connectivity index (χ1) is 5.46. The Labute approximate surface area is 100 Å². The topological polar surface area (TPSA) is 47.6 Å². The third kappa shape index (κ3) is 610. The first kappa shape index (κ1) is 20.2. The molecule has 0 heterocycles. The molecule has 0 aromatic heterocycles. The van der Waals surface area contributed by atoms with E-state index in [1.807, 2.05) is 27.7 Å². The quantitative estimate of drug-likeness (QED) is 0.456. The van der Waals surface area contributed by atoms with E-state index in [9.17, 15) is 0 Å². The minimum atomic E-state index is -3.06. The molecule has 0 aromatic rings. The third-order valence-corrected chi connectivity index (χ3v) is 0. The molecule has 0 unspecified atom stereocenters. The summed E-state index contributed by atoms with van der Waals surface area (Å²) in [7, 11) is 20.0. The molecule has 7 heteroatoms. The molecule has 2 N–H and O–H groups in total. The van der Waals surface area contributed by atoms with Crippen molar-refractivity contribution in [2.75, 3.05) is 0 Å². The Morgan fingerprint density at radius 2 is 0.769 bits per heavy atom. The fourth-order valence-electron chi connectivity index (χ4n) is 0. The van der Waals surface area contributed by atoms with E-state index < -0.39 is 11.9 Å². The van der Waals surface area contributed by atoms with Crippen LogP contribution in [0.3, 0.4) is 0 Å². The van der Waals surface area contributed by atoms with Crippen molar-refractivity contribution in [1.29, 1.82) is 0 Å². The van der Waals surface area contributed by atoms with E-state index in [-0.39, 0.29) is 12.1 Å². The standard InChI is InChI=1S/2C3H8N.4ClH.Pt/c2*1-3(2)4;;;;;/h2*3-4H,1-2H3;4*1H;/q2*-1;;;;;+6/p-4. The van der Waals surface area contributed by atoms with Crippen molar-refractivity contribution < 1.29 is 11.9 Å². The van der Waals surface area contributed by atoms with Crippen LogP contribution in [0.25, 0.3) is 11.5 Å². The maximum atomic E-state index is 6.58. The van der Waals surface area contributed by atoms with Crippen LogP contribution in [0.5, 0.6) is 0 Å². The minimum absolute atomic E-state index is 0.0833. The van der Waals surface area contributed by atoms with Crippen LogP contribution in [0.4, 0.5) is 0 Å². The van der Waals surface area contributed by atoms with Gasteiger partial charge in [-0.05, 0) is 0 Å². The molecule has 0 rings (SSSR count). The van der Waals surface area contributed by atoms with Gasteiger partial charge >= 0.3 is 49.6 Å². The number of hydrogen-bond donors (Lipinski definition) is 0. The predicted molar refractivity (Wildman–Crippen MR) is 62.3 cm³/mol. The summed E-state index contributed by atoms with van der Waals surface area (Å²) in [5.74, 6) is 0. The van der Waals surface area contributed by atoms with Crippen molar-refractivity contribution in [2.45, 2.75) is 39.8 Å². The molecule has 0 saturated heterocycles. The van der Waals surface area contributed by atoms with E-state index in [2.05, 4.69) is 0 Å². The monoisotopic (exact) mass is 451 g/mol. The van der Waals surface area contributed by atoms with Crippen LogP contribution in [0, 0.1) is 0 Å². The van der Waals surface area contributed by atoms with Gasteiger partial charge in [-0.3, -0.25) is 0 Å². The summed E-state index contributed by atoms with van der Waals surface area (Å²) < 4.78 is 0. The van der Waals surface area contributed by atoms with Crippen LogP contribution in [0.2, 0.25) is 0 Å². The number of nitrogens with one attached hydrogen (secondary N) is 2. The summed E-state index contributed by atoms with van der Waals surface area (Å²) in [6.45, 7) is 7.33. The van der Waals surface area contributed by atoms with Crippen LogP contribution < -0.4 is 0 Å². The fraction of sp³-hybridized carbons (Fsp3) is 1.00. The maximum absolute atomic E-state index is 6.58. The summed E-state index contributed by atoms with van der Waals surface area (Å²) >= 11 is -3.06. The van der Waals surface area contributed by atoms with Crippen molar-refractivity contribution >= 4 is 37.7 Å². The molecule has 0 radical (unpaired) electrons. The van der Waals surface area contributed by atoms with Gasteiger partial charge in [-0.15, -0.1) is 12.1 Å². The van der Waals surface area contributed by atoms with Gasteiger partial charge in [0.2, 0.25) is 0 Å². The second kappa shape index (κ2) is 11.8. The molecular weight excluding hydrogens is 437 g/mol. The normalized spacial score (nSPS) is 11.4. The number of halogens is 4. The van der Waals surface area contributed by atoms with E-state index in [0.717, 1.165) is 0 Å². The van der Waals surface area contributed by atoms with Gasteiger partial charge in [-0.2, -0.15) is 0 Å². The molecular formula is C6H16Cl4N2Pt. The molecule has 0 aliphatic carbocycles. The zero-order valence-corrected chi connectivity index (χ0v) is 13.3. The van der Waals surface area contributed by atoms with Gasteiger partial charge in [0.05, 0.1) is 0 Å². The first-order valence-electron chi connectivity index (χ1n) is 3.36. The Bertz CT molecular complexity index is 77.6. The van der Waals surface area contributed by atoms with Crippen LogP contribution in [-0.2, 0) is 11.9 Å². The van der Waals surface area contributed by atoms with Gasteiger partial charge in [-0.25, -0.2) is 0 Å². The van der Waals surface area contributed by atoms with E-state index >= 15 is 0 Å². The number of hydrogen-bond acceptors (Lipinski definition) is 0. The molecule has 88 valence electrons. The predicted octanol–water partition coefficient (Wildman–Crippen LogP) is 5.65. The van der Waals surface area contributed by atoms with Gasteiger partial charge in [-0.1, -0.05) is 27.7 Å². The molecule has 0 saturated carbocycles. The van der Waals surface area contributed by atoms with E-state index in [1.165, 1.54) is 0 Å². The van der Waals surface area contributed by atoms with Crippen molar-refractivity contribution in [2.24, 2.45) is 0 Å². The van der Waals surface area contributed by atoms with Gasteiger partial charge in [0, 0.05) is 0 Å². The average molecular weight is 453 g/mol. The van der Waals surface area contributed by atoms with Gasteiger partial charge in [0.15, 0.2) is 0 Å². The molecule has 0 amide bonds. The molecule has 0 aliphatic heterocycles. The molecule has 2 nitrogen and oxygen atoms in total. The molecule has 0 bridgehead atoms. The zero-order valence-electron chi connectivity index (χ0n) is 7.98. The second-order valence-corrected chi connectivity index (χ2v) is 22.3. The van der Waals surface area contributed by atoms with Crippen molar-refractivity contribution in [3.8, 4) is 0 Å². The zero-order chi connectivity index (χ0) is 11.7. The number of rotatable bonds is 0. The van der Waals surface area contributed by atoms with Crippen molar-refractivity contribution in [3.63, 3.8) is 0 Å². The van der Waals surface area contributed by atoms with Gasteiger partial charge in [0.25, 0.3) is 0 Å². The van der Waals surface area contributed by atoms with Crippen LogP contribution in [0.1, 0.15) is 27.7 Å². The molecule has 13 heavy (non-hydrogen) atoms. The molecule has 0 spiro atoms. The Kier molecular flexibility index (Phi) is 18.4. The summed E-state index contributed by atoms with van der Waals surface area (Å²) in [6.07, 6.45) is 0. The molecule has 0 atom stereocenters. The SMILES string of the molecule is CC(C)[NH-].CC(C)[NH-].[Cl][Pt+2]([Cl])([Cl])[Cl]. The fourth-order valence-corrected chi connectivity index (χ4v) is 0. The van der Waals surface area contributed by atoms with Crippen molar-refractivity contribution in [1.82, 2.24) is 0 Å². The molecule has 0 aromatic carbocycles. The molecule has 0 aliphatic rings. The van der Waals surface area contributed by atoms with Crippen molar-refractivity contribution in [3.05, 3.63) is 11.5 Å². The summed E-state index contributed by atoms with van der Waals surface area (Å²) in [5.41, 5.74) is 13.2. The van der Waals surface area contributed by atoms with E-state index in [1.54, 1.807) is 0 Å². The first-order valence-corrected chi connectivity index (χ1v) is 14.6. The second-order valence-electron chi connectivity index (χ2n) is 2.58. The van der Waals surface area contributed by atoms with Crippen LogP contribution in [-0.4, -0.2) is 12.1 Å². The summed E-state index contributed by atoms with van der Waals surface area (Å²) in [4.78, 5) is 0. The third-order valence-electron chi connectivity index (χ3n) is 0. The Balaban J connectivity index is -0.000000117. The Hall–Kier alpha value is 1.77. The van der Waals surface area contributed by atoms with Gasteiger partial charge < -0.3 is 11.5 Å².